The van der Waals surface area contributed by atoms with Gasteiger partial charge < -0.3 is 5.11 Å². The van der Waals surface area contributed by atoms with Crippen molar-refractivity contribution in [2.45, 2.75) is 38.8 Å². The SMILES string of the molecule is CC(C)N(CCC(=O)O)C1CC(=O)NC1=O. The minimum atomic E-state index is -0.907. The van der Waals surface area contributed by atoms with E-state index in [0.29, 0.717) is 0 Å². The molecule has 0 aromatic heterocycles. The molecule has 0 aromatic carbocycles. The third kappa shape index (κ3) is 3.03. The zero-order valence-corrected chi connectivity index (χ0v) is 9.40. The van der Waals surface area contributed by atoms with Crippen LogP contribution in [0, 0.1) is 0 Å². The summed E-state index contributed by atoms with van der Waals surface area (Å²) in [5, 5.41) is 10.8. The van der Waals surface area contributed by atoms with Crippen LogP contribution in [0.5, 0.6) is 0 Å². The molecule has 1 rings (SSSR count). The lowest BCUT2D eigenvalue weighted by atomic mass is 10.1. The molecule has 0 radical (unpaired) electrons. The minimum absolute atomic E-state index is 0.0287. The van der Waals surface area contributed by atoms with Crippen molar-refractivity contribution in [3.05, 3.63) is 0 Å². The Morgan fingerprint density at radius 1 is 1.56 bits per heavy atom. The van der Waals surface area contributed by atoms with E-state index < -0.39 is 12.0 Å². The van der Waals surface area contributed by atoms with Crippen LogP contribution in [-0.2, 0) is 14.4 Å². The highest BCUT2D eigenvalue weighted by Crippen LogP contribution is 2.14. The van der Waals surface area contributed by atoms with Crippen molar-refractivity contribution in [2.75, 3.05) is 6.54 Å². The molecule has 2 N–H and O–H groups in total. The molecule has 0 aliphatic carbocycles. The minimum Gasteiger partial charge on any atom is -0.481 e. The standard InChI is InChI=1S/C10H16N2O4/c1-6(2)12(4-3-9(14)15)7-5-8(13)11-10(7)16/h6-7H,3-5H2,1-2H3,(H,14,15)(H,11,13,16). The Morgan fingerprint density at radius 3 is 2.56 bits per heavy atom. The molecule has 2 amide bonds. The summed E-state index contributed by atoms with van der Waals surface area (Å²) in [6.07, 6.45) is 0.0901. The van der Waals surface area contributed by atoms with Gasteiger partial charge in [-0.15, -0.1) is 0 Å². The Morgan fingerprint density at radius 2 is 2.19 bits per heavy atom. The first-order chi connectivity index (χ1) is 7.41. The Balaban J connectivity index is 2.66. The molecule has 0 saturated carbocycles. The number of carbonyl (C=O) groups excluding carboxylic acids is 2. The van der Waals surface area contributed by atoms with Gasteiger partial charge in [-0.05, 0) is 13.8 Å². The Hall–Kier alpha value is -1.43. The van der Waals surface area contributed by atoms with Crippen LogP contribution in [0.2, 0.25) is 0 Å². The van der Waals surface area contributed by atoms with Crippen LogP contribution >= 0.6 is 0 Å². The van der Waals surface area contributed by atoms with Gasteiger partial charge in [0.1, 0.15) is 0 Å². The van der Waals surface area contributed by atoms with E-state index in [9.17, 15) is 14.4 Å². The molecule has 0 bridgehead atoms. The number of carbonyl (C=O) groups is 3. The topological polar surface area (TPSA) is 86.7 Å². The number of hydrogen-bond donors (Lipinski definition) is 2. The first-order valence-electron chi connectivity index (χ1n) is 5.23. The summed E-state index contributed by atoms with van der Waals surface area (Å²) in [7, 11) is 0. The lowest BCUT2D eigenvalue weighted by Crippen LogP contribution is -2.45. The van der Waals surface area contributed by atoms with Gasteiger partial charge >= 0.3 is 5.97 Å². The molecule has 6 nitrogen and oxygen atoms in total. The predicted molar refractivity (Wildman–Crippen MR) is 55.6 cm³/mol. The van der Waals surface area contributed by atoms with Crippen molar-refractivity contribution in [1.82, 2.24) is 10.2 Å². The van der Waals surface area contributed by atoms with Crippen LogP contribution in [-0.4, -0.2) is 46.4 Å². The molecule has 1 atom stereocenters. The number of nitrogens with zero attached hydrogens (tertiary/aromatic N) is 1. The zero-order valence-electron chi connectivity index (χ0n) is 9.40. The van der Waals surface area contributed by atoms with Crippen LogP contribution in [0.1, 0.15) is 26.7 Å². The predicted octanol–water partition coefficient (Wildman–Crippen LogP) is -0.413. The third-order valence-electron chi connectivity index (χ3n) is 2.59. The van der Waals surface area contributed by atoms with Crippen LogP contribution < -0.4 is 5.32 Å². The van der Waals surface area contributed by atoms with Gasteiger partial charge in [-0.25, -0.2) is 0 Å². The van der Waals surface area contributed by atoms with Crippen LogP contribution in [0.3, 0.4) is 0 Å². The fourth-order valence-electron chi connectivity index (χ4n) is 1.81. The molecule has 0 spiro atoms. The van der Waals surface area contributed by atoms with E-state index in [0.717, 1.165) is 0 Å². The molecule has 1 fully saturated rings. The van der Waals surface area contributed by atoms with Crippen molar-refractivity contribution >= 4 is 17.8 Å². The van der Waals surface area contributed by atoms with Gasteiger partial charge in [0.05, 0.1) is 18.9 Å². The number of carboxylic acid groups (broad SMARTS) is 1. The highest BCUT2D eigenvalue weighted by molar-refractivity contribution is 6.05. The molecule has 1 unspecified atom stereocenters. The molecule has 6 heteroatoms. The van der Waals surface area contributed by atoms with Gasteiger partial charge in [-0.3, -0.25) is 24.6 Å². The largest absolute Gasteiger partial charge is 0.481 e. The van der Waals surface area contributed by atoms with E-state index in [1.165, 1.54) is 0 Å². The highest BCUT2D eigenvalue weighted by Gasteiger charge is 2.36. The lowest BCUT2D eigenvalue weighted by molar-refractivity contribution is -0.138. The third-order valence-corrected chi connectivity index (χ3v) is 2.59. The van der Waals surface area contributed by atoms with E-state index in [1.807, 2.05) is 13.8 Å². The normalized spacial score (nSPS) is 20.6. The summed E-state index contributed by atoms with van der Waals surface area (Å²) < 4.78 is 0. The maximum atomic E-state index is 11.5. The molecule has 16 heavy (non-hydrogen) atoms. The summed E-state index contributed by atoms with van der Waals surface area (Å²) >= 11 is 0. The molecule has 1 aliphatic rings. The summed E-state index contributed by atoms with van der Waals surface area (Å²) in [4.78, 5) is 34.7. The van der Waals surface area contributed by atoms with E-state index in [4.69, 9.17) is 5.11 Å². The second-order valence-corrected chi connectivity index (χ2v) is 4.11. The van der Waals surface area contributed by atoms with Gasteiger partial charge in [0.2, 0.25) is 11.8 Å². The van der Waals surface area contributed by atoms with E-state index in [-0.39, 0.29) is 37.2 Å². The Labute approximate surface area is 93.6 Å². The second-order valence-electron chi connectivity index (χ2n) is 4.11. The van der Waals surface area contributed by atoms with Crippen LogP contribution in [0.25, 0.3) is 0 Å². The van der Waals surface area contributed by atoms with Crippen molar-refractivity contribution in [1.29, 1.82) is 0 Å². The number of carboxylic acids is 1. The zero-order chi connectivity index (χ0) is 12.3. The number of nitrogens with one attached hydrogen (secondary N) is 1. The number of aliphatic carboxylic acids is 1. The molecule has 1 heterocycles. The number of rotatable bonds is 5. The van der Waals surface area contributed by atoms with Crippen LogP contribution in [0.15, 0.2) is 0 Å². The maximum absolute atomic E-state index is 11.5. The smallest absolute Gasteiger partial charge is 0.304 e. The van der Waals surface area contributed by atoms with Crippen molar-refractivity contribution in [3.8, 4) is 0 Å². The lowest BCUT2D eigenvalue weighted by Gasteiger charge is -2.29. The monoisotopic (exact) mass is 228 g/mol. The number of amides is 2. The molecule has 1 saturated heterocycles. The van der Waals surface area contributed by atoms with Gasteiger partial charge in [-0.1, -0.05) is 0 Å². The number of hydrogen-bond acceptors (Lipinski definition) is 4. The van der Waals surface area contributed by atoms with E-state index >= 15 is 0 Å². The molecular formula is C10H16N2O4. The fraction of sp³-hybridized carbons (Fsp3) is 0.700. The summed E-state index contributed by atoms with van der Waals surface area (Å²) in [6, 6.07) is -0.493. The van der Waals surface area contributed by atoms with Crippen molar-refractivity contribution in [3.63, 3.8) is 0 Å². The van der Waals surface area contributed by atoms with Gasteiger partial charge in [0, 0.05) is 12.6 Å². The first-order valence-corrected chi connectivity index (χ1v) is 5.23. The average Bonchev–Trinajstić information content (AvgIpc) is 2.45. The van der Waals surface area contributed by atoms with Crippen LogP contribution in [0.4, 0.5) is 0 Å². The summed E-state index contributed by atoms with van der Waals surface area (Å²) in [5.41, 5.74) is 0. The van der Waals surface area contributed by atoms with E-state index in [1.54, 1.807) is 4.90 Å². The number of imide groups is 1. The Bertz CT molecular complexity index is 314. The van der Waals surface area contributed by atoms with Gasteiger partial charge in [0.25, 0.3) is 0 Å². The van der Waals surface area contributed by atoms with Gasteiger partial charge in [-0.2, -0.15) is 0 Å². The first kappa shape index (κ1) is 12.6. The maximum Gasteiger partial charge on any atom is 0.304 e. The fourth-order valence-corrected chi connectivity index (χ4v) is 1.81. The average molecular weight is 228 g/mol. The summed E-state index contributed by atoms with van der Waals surface area (Å²) in [6.45, 7) is 4.02. The Kier molecular flexibility index (Phi) is 4.00. The van der Waals surface area contributed by atoms with Crippen molar-refractivity contribution in [2.24, 2.45) is 0 Å². The molecule has 0 aromatic rings. The highest BCUT2D eigenvalue weighted by atomic mass is 16.4. The summed E-state index contributed by atoms with van der Waals surface area (Å²) in [5.74, 6) is -1.53. The molecule has 90 valence electrons. The quantitative estimate of drug-likeness (QED) is 0.624. The molecule has 1 aliphatic heterocycles. The van der Waals surface area contributed by atoms with E-state index in [2.05, 4.69) is 5.32 Å². The van der Waals surface area contributed by atoms with Crippen molar-refractivity contribution < 1.29 is 19.5 Å². The second kappa shape index (κ2) is 5.07. The molecular weight excluding hydrogens is 212 g/mol. The van der Waals surface area contributed by atoms with Gasteiger partial charge in [0.15, 0.2) is 0 Å².